The number of imide groups is 1. The van der Waals surface area contributed by atoms with Crippen LogP contribution in [0.3, 0.4) is 0 Å². The quantitative estimate of drug-likeness (QED) is 0.831. The fraction of sp³-hybridized carbons (Fsp3) is 0.231. The second-order valence-electron chi connectivity index (χ2n) is 4.68. The number of carbonyl (C=O) groups is 3. The smallest absolute Gasteiger partial charge is 0.325 e. The van der Waals surface area contributed by atoms with Crippen molar-refractivity contribution in [2.75, 3.05) is 18.4 Å². The molecule has 1 fully saturated rings. The highest BCUT2D eigenvalue weighted by atomic mass is 32.1. The summed E-state index contributed by atoms with van der Waals surface area (Å²) in [6.07, 6.45) is 0. The van der Waals surface area contributed by atoms with Gasteiger partial charge in [0.05, 0.1) is 16.8 Å². The monoisotopic (exact) mass is 304 g/mol. The third-order valence-electron chi connectivity index (χ3n) is 3.03. The minimum atomic E-state index is -0.546. The van der Waals surface area contributed by atoms with Crippen molar-refractivity contribution < 1.29 is 14.4 Å². The van der Waals surface area contributed by atoms with Crippen molar-refractivity contribution >= 4 is 44.5 Å². The third kappa shape index (κ3) is 2.70. The molecule has 0 spiro atoms. The normalized spacial score (nSPS) is 14.6. The molecule has 3 rings (SSSR count). The summed E-state index contributed by atoms with van der Waals surface area (Å²) in [6.45, 7) is 1.61. The SMILES string of the molecule is Cc1ccc2nc(NC(=O)CN3C(=O)CNC3=O)sc2c1. The number of rotatable bonds is 3. The van der Waals surface area contributed by atoms with E-state index >= 15 is 0 Å². The van der Waals surface area contributed by atoms with Gasteiger partial charge < -0.3 is 10.6 Å². The Morgan fingerprint density at radius 2 is 2.29 bits per heavy atom. The summed E-state index contributed by atoms with van der Waals surface area (Å²) in [4.78, 5) is 39.8. The molecule has 1 aromatic carbocycles. The molecule has 2 aromatic rings. The van der Waals surface area contributed by atoms with Gasteiger partial charge in [-0.15, -0.1) is 0 Å². The lowest BCUT2D eigenvalue weighted by molar-refractivity contribution is -0.128. The highest BCUT2D eigenvalue weighted by Crippen LogP contribution is 2.26. The minimum absolute atomic E-state index is 0.0630. The van der Waals surface area contributed by atoms with Gasteiger partial charge in [-0.05, 0) is 24.6 Å². The number of fused-ring (bicyclic) bond motifs is 1. The molecule has 0 bridgehead atoms. The number of benzene rings is 1. The summed E-state index contributed by atoms with van der Waals surface area (Å²) in [6, 6.07) is 5.27. The van der Waals surface area contributed by atoms with Crippen molar-refractivity contribution in [2.24, 2.45) is 0 Å². The maximum atomic E-state index is 11.9. The molecule has 0 aliphatic carbocycles. The average molecular weight is 304 g/mol. The number of carbonyl (C=O) groups excluding carboxylic acids is 3. The number of urea groups is 1. The van der Waals surface area contributed by atoms with Crippen molar-refractivity contribution in [1.82, 2.24) is 15.2 Å². The fourth-order valence-corrected chi connectivity index (χ4v) is 2.98. The molecule has 2 heterocycles. The van der Waals surface area contributed by atoms with E-state index in [1.54, 1.807) is 0 Å². The number of hydrogen-bond donors (Lipinski definition) is 2. The van der Waals surface area contributed by atoms with E-state index in [2.05, 4.69) is 15.6 Å². The summed E-state index contributed by atoms with van der Waals surface area (Å²) in [5, 5.41) is 5.43. The lowest BCUT2D eigenvalue weighted by atomic mass is 10.2. The van der Waals surface area contributed by atoms with Crippen molar-refractivity contribution in [2.45, 2.75) is 6.92 Å². The van der Waals surface area contributed by atoms with Crippen LogP contribution in [0.2, 0.25) is 0 Å². The number of nitrogens with zero attached hydrogens (tertiary/aromatic N) is 2. The number of hydrogen-bond acceptors (Lipinski definition) is 5. The van der Waals surface area contributed by atoms with E-state index in [4.69, 9.17) is 0 Å². The summed E-state index contributed by atoms with van der Waals surface area (Å²) >= 11 is 1.35. The Hall–Kier alpha value is -2.48. The second-order valence-corrected chi connectivity index (χ2v) is 5.71. The van der Waals surface area contributed by atoms with Crippen LogP contribution in [0.25, 0.3) is 10.2 Å². The summed E-state index contributed by atoms with van der Waals surface area (Å²) in [7, 11) is 0. The van der Waals surface area contributed by atoms with Crippen molar-refractivity contribution in [3.8, 4) is 0 Å². The predicted molar refractivity (Wildman–Crippen MR) is 78.1 cm³/mol. The molecule has 1 saturated heterocycles. The Morgan fingerprint density at radius 1 is 1.48 bits per heavy atom. The van der Waals surface area contributed by atoms with Gasteiger partial charge in [0, 0.05) is 0 Å². The van der Waals surface area contributed by atoms with Gasteiger partial charge in [0.25, 0.3) is 5.91 Å². The first kappa shape index (κ1) is 13.5. The largest absolute Gasteiger partial charge is 0.329 e. The zero-order valence-electron chi connectivity index (χ0n) is 11.2. The van der Waals surface area contributed by atoms with Crippen LogP contribution in [-0.4, -0.2) is 40.8 Å². The average Bonchev–Trinajstić information content (AvgIpc) is 2.95. The molecule has 0 saturated carbocycles. The summed E-state index contributed by atoms with van der Waals surface area (Å²) in [5.74, 6) is -0.855. The van der Waals surface area contributed by atoms with E-state index in [1.165, 1.54) is 11.3 Å². The highest BCUT2D eigenvalue weighted by molar-refractivity contribution is 7.22. The van der Waals surface area contributed by atoms with Crippen molar-refractivity contribution in [3.63, 3.8) is 0 Å². The predicted octanol–water partition coefficient (Wildman–Crippen LogP) is 1.10. The standard InChI is InChI=1S/C13H12N4O3S/c1-7-2-3-8-9(4-7)21-12(15-8)16-10(18)6-17-11(19)5-14-13(17)20/h2-4H,5-6H2,1H3,(H,14,20)(H,15,16,18). The van der Waals surface area contributed by atoms with Crippen molar-refractivity contribution in [1.29, 1.82) is 0 Å². The molecule has 2 N–H and O–H groups in total. The number of anilines is 1. The Labute approximate surface area is 124 Å². The molecule has 0 unspecified atom stereocenters. The van der Waals surface area contributed by atoms with Crippen molar-refractivity contribution in [3.05, 3.63) is 23.8 Å². The highest BCUT2D eigenvalue weighted by Gasteiger charge is 2.30. The Bertz CT molecular complexity index is 739. The van der Waals surface area contributed by atoms with Crippen LogP contribution in [0.5, 0.6) is 0 Å². The second kappa shape index (κ2) is 5.13. The first-order valence-corrected chi connectivity index (χ1v) is 7.10. The Balaban J connectivity index is 1.71. The molecule has 4 amide bonds. The lowest BCUT2D eigenvalue weighted by Crippen LogP contribution is -2.38. The van der Waals surface area contributed by atoms with Gasteiger partial charge >= 0.3 is 6.03 Å². The van der Waals surface area contributed by atoms with E-state index in [9.17, 15) is 14.4 Å². The zero-order chi connectivity index (χ0) is 15.0. The van der Waals surface area contributed by atoms with E-state index in [0.717, 1.165) is 20.7 Å². The molecule has 1 aliphatic rings. The molecular weight excluding hydrogens is 292 g/mol. The van der Waals surface area contributed by atoms with E-state index < -0.39 is 17.8 Å². The first-order chi connectivity index (χ1) is 10.0. The molecule has 21 heavy (non-hydrogen) atoms. The molecule has 108 valence electrons. The number of aromatic nitrogens is 1. The van der Waals surface area contributed by atoms with E-state index in [0.29, 0.717) is 5.13 Å². The molecular formula is C13H12N4O3S. The molecule has 0 atom stereocenters. The number of thiazole rings is 1. The Morgan fingerprint density at radius 3 is 3.00 bits per heavy atom. The number of amides is 4. The van der Waals surface area contributed by atoms with Crippen LogP contribution >= 0.6 is 11.3 Å². The van der Waals surface area contributed by atoms with E-state index in [1.807, 2.05) is 25.1 Å². The molecule has 1 aliphatic heterocycles. The molecule has 1 aromatic heterocycles. The van der Waals surface area contributed by atoms with Gasteiger partial charge in [0.15, 0.2) is 5.13 Å². The topological polar surface area (TPSA) is 91.4 Å². The number of aryl methyl sites for hydroxylation is 1. The van der Waals surface area contributed by atoms with Crippen LogP contribution in [0.15, 0.2) is 18.2 Å². The summed E-state index contributed by atoms with van der Waals surface area (Å²) in [5.41, 5.74) is 1.92. The van der Waals surface area contributed by atoms with Crippen LogP contribution in [0.1, 0.15) is 5.56 Å². The van der Waals surface area contributed by atoms with Gasteiger partial charge in [0.1, 0.15) is 6.54 Å². The van der Waals surface area contributed by atoms with Crippen LogP contribution in [0.4, 0.5) is 9.93 Å². The summed E-state index contributed by atoms with van der Waals surface area (Å²) < 4.78 is 0.972. The maximum absolute atomic E-state index is 11.9. The van der Waals surface area contributed by atoms with Gasteiger partial charge in [-0.1, -0.05) is 17.4 Å². The zero-order valence-corrected chi connectivity index (χ0v) is 12.0. The van der Waals surface area contributed by atoms with Gasteiger partial charge in [-0.2, -0.15) is 0 Å². The van der Waals surface area contributed by atoms with Crippen LogP contribution in [0, 0.1) is 6.92 Å². The van der Waals surface area contributed by atoms with Crippen LogP contribution < -0.4 is 10.6 Å². The molecule has 8 heteroatoms. The van der Waals surface area contributed by atoms with E-state index in [-0.39, 0.29) is 13.1 Å². The lowest BCUT2D eigenvalue weighted by Gasteiger charge is -2.10. The maximum Gasteiger partial charge on any atom is 0.325 e. The molecule has 7 nitrogen and oxygen atoms in total. The number of nitrogens with one attached hydrogen (secondary N) is 2. The molecule has 0 radical (unpaired) electrons. The van der Waals surface area contributed by atoms with Gasteiger partial charge in [0.2, 0.25) is 5.91 Å². The van der Waals surface area contributed by atoms with Gasteiger partial charge in [-0.25, -0.2) is 9.78 Å². The first-order valence-electron chi connectivity index (χ1n) is 6.28. The van der Waals surface area contributed by atoms with Crippen LogP contribution in [-0.2, 0) is 9.59 Å². The minimum Gasteiger partial charge on any atom is -0.329 e. The van der Waals surface area contributed by atoms with Gasteiger partial charge in [-0.3, -0.25) is 14.5 Å². The third-order valence-corrected chi connectivity index (χ3v) is 3.96. The fourth-order valence-electron chi connectivity index (χ4n) is 2.00. The Kier molecular flexibility index (Phi) is 3.30.